The predicted molar refractivity (Wildman–Crippen MR) is 297 cm³/mol. The van der Waals surface area contributed by atoms with Gasteiger partial charge in [-0.1, -0.05) is 249 Å². The van der Waals surface area contributed by atoms with Gasteiger partial charge in [-0.05, 0) is 131 Å². The van der Waals surface area contributed by atoms with Crippen LogP contribution in [0.3, 0.4) is 0 Å². The van der Waals surface area contributed by atoms with Gasteiger partial charge in [0.2, 0.25) is 0 Å². The Labute approximate surface area is 416 Å². The molecule has 0 N–H and O–H groups in total. The summed E-state index contributed by atoms with van der Waals surface area (Å²) in [5, 5.41) is 4.93. The van der Waals surface area contributed by atoms with E-state index in [1.54, 1.807) is 0 Å². The molecule has 1 heteroatoms. The van der Waals surface area contributed by atoms with Crippen molar-refractivity contribution in [1.29, 1.82) is 0 Å². The minimum absolute atomic E-state index is 0.228. The number of fused-ring (bicyclic) bond motifs is 11. The van der Waals surface area contributed by atoms with Crippen molar-refractivity contribution in [3.63, 3.8) is 0 Å². The summed E-state index contributed by atoms with van der Waals surface area (Å²) in [7, 11) is 0. The molecule has 0 fully saturated rings. The summed E-state index contributed by atoms with van der Waals surface area (Å²) in [4.78, 5) is 2.42. The molecule has 0 saturated heterocycles. The fourth-order valence-electron chi connectivity index (χ4n) is 13.2. The number of rotatable bonds is 7. The van der Waals surface area contributed by atoms with Gasteiger partial charge >= 0.3 is 0 Å². The Morgan fingerprint density at radius 1 is 0.352 bits per heavy atom. The molecule has 1 atom stereocenters. The Morgan fingerprint density at radius 3 is 1.52 bits per heavy atom. The number of anilines is 3. The van der Waals surface area contributed by atoms with E-state index in [4.69, 9.17) is 0 Å². The molecule has 3 aliphatic carbocycles. The van der Waals surface area contributed by atoms with Crippen molar-refractivity contribution in [1.82, 2.24) is 0 Å². The van der Waals surface area contributed by atoms with Gasteiger partial charge in [-0.25, -0.2) is 0 Å². The van der Waals surface area contributed by atoms with Gasteiger partial charge in [0.15, 0.2) is 0 Å². The topological polar surface area (TPSA) is 3.24 Å². The monoisotopic (exact) mass is 903 g/mol. The van der Waals surface area contributed by atoms with Crippen LogP contribution >= 0.6 is 0 Å². The Morgan fingerprint density at radius 2 is 0.845 bits per heavy atom. The zero-order valence-electron chi connectivity index (χ0n) is 39.3. The van der Waals surface area contributed by atoms with Crippen LogP contribution in [0.4, 0.5) is 17.1 Å². The maximum atomic E-state index is 2.46. The highest BCUT2D eigenvalue weighted by molar-refractivity contribution is 6.01. The highest BCUT2D eigenvalue weighted by Gasteiger charge is 2.58. The zero-order chi connectivity index (χ0) is 46.9. The van der Waals surface area contributed by atoms with Gasteiger partial charge in [0, 0.05) is 16.8 Å². The number of allylic oxidation sites excluding steroid dienone is 4. The standard InChI is InChI=1S/C70H49N/c1-3-24-52(25-4-1)69(53-26-5-2-6-27-53)62-34-13-15-36-64(62)70(65-37-16-14-35-63(65)69)61-33-12-11-30-60(61)68-59(32-19-38-66(68)70)51-42-46-55(47-43-51)71(67-39-18-23-49-21-8-10-29-58(49)67)54-44-40-50(41-45-54)57-31-17-22-48-20-7-9-28-56(48)57/h1-26,28-47,53H,27H2. The second-order valence-electron chi connectivity index (χ2n) is 19.4. The summed E-state index contributed by atoms with van der Waals surface area (Å²) in [5.41, 5.74) is 19.4. The fraction of sp³-hybridized carbons (Fsp3) is 0.0571. The molecular weight excluding hydrogens is 855 g/mol. The molecular formula is C70H49N. The molecule has 0 aliphatic heterocycles. The molecule has 0 saturated carbocycles. The van der Waals surface area contributed by atoms with Crippen LogP contribution in [0.25, 0.3) is 54.9 Å². The van der Waals surface area contributed by atoms with Gasteiger partial charge in [0.1, 0.15) is 0 Å². The molecule has 0 aromatic heterocycles. The van der Waals surface area contributed by atoms with Gasteiger partial charge in [-0.2, -0.15) is 0 Å². The summed E-state index contributed by atoms with van der Waals surface area (Å²) < 4.78 is 0. The third-order valence-electron chi connectivity index (χ3n) is 16.0. The minimum Gasteiger partial charge on any atom is -0.310 e. The molecule has 14 rings (SSSR count). The molecule has 1 unspecified atom stereocenters. The first-order valence-electron chi connectivity index (χ1n) is 25.0. The predicted octanol–water partition coefficient (Wildman–Crippen LogP) is 17.9. The largest absolute Gasteiger partial charge is 0.310 e. The average Bonchev–Trinajstić information content (AvgIpc) is 3.77. The third-order valence-corrected chi connectivity index (χ3v) is 16.0. The van der Waals surface area contributed by atoms with E-state index in [-0.39, 0.29) is 5.92 Å². The van der Waals surface area contributed by atoms with Gasteiger partial charge in [-0.3, -0.25) is 0 Å². The van der Waals surface area contributed by atoms with Crippen LogP contribution in [0.1, 0.15) is 45.4 Å². The molecule has 11 aromatic rings. The van der Waals surface area contributed by atoms with Crippen LogP contribution in [-0.2, 0) is 10.8 Å². The first-order chi connectivity index (χ1) is 35.2. The van der Waals surface area contributed by atoms with Crippen LogP contribution in [-0.4, -0.2) is 0 Å². The normalized spacial score (nSPS) is 18.2. The second-order valence-corrected chi connectivity index (χ2v) is 19.4. The lowest BCUT2D eigenvalue weighted by Gasteiger charge is -2.52. The van der Waals surface area contributed by atoms with Crippen molar-refractivity contribution < 1.29 is 0 Å². The Kier molecular flexibility index (Phi) is 9.54. The van der Waals surface area contributed by atoms with E-state index in [2.05, 4.69) is 284 Å². The van der Waals surface area contributed by atoms with Crippen LogP contribution in [0.15, 0.2) is 279 Å². The van der Waals surface area contributed by atoms with Gasteiger partial charge < -0.3 is 4.90 Å². The first-order valence-corrected chi connectivity index (χ1v) is 25.0. The van der Waals surface area contributed by atoms with Crippen LogP contribution in [0, 0.1) is 5.92 Å². The van der Waals surface area contributed by atoms with E-state index in [1.165, 1.54) is 93.9 Å². The summed E-state index contributed by atoms with van der Waals surface area (Å²) in [6.45, 7) is 0. The number of benzene rings is 11. The van der Waals surface area contributed by atoms with E-state index >= 15 is 0 Å². The second kappa shape index (κ2) is 16.4. The average molecular weight is 904 g/mol. The molecule has 71 heavy (non-hydrogen) atoms. The Bertz CT molecular complexity index is 3850. The number of nitrogens with zero attached hydrogens (tertiary/aromatic N) is 1. The summed E-state index contributed by atoms with van der Waals surface area (Å²) >= 11 is 0. The maximum absolute atomic E-state index is 2.46. The van der Waals surface area contributed by atoms with Crippen molar-refractivity contribution >= 4 is 38.6 Å². The van der Waals surface area contributed by atoms with Crippen LogP contribution < -0.4 is 4.90 Å². The van der Waals surface area contributed by atoms with Crippen LogP contribution in [0.5, 0.6) is 0 Å². The molecule has 0 amide bonds. The smallest absolute Gasteiger partial charge is 0.0719 e. The van der Waals surface area contributed by atoms with Crippen molar-refractivity contribution in [2.24, 2.45) is 5.92 Å². The minimum atomic E-state index is -0.537. The van der Waals surface area contributed by atoms with Crippen molar-refractivity contribution in [2.45, 2.75) is 17.3 Å². The van der Waals surface area contributed by atoms with Crippen molar-refractivity contribution in [3.05, 3.63) is 318 Å². The van der Waals surface area contributed by atoms with Crippen LogP contribution in [0.2, 0.25) is 0 Å². The fourth-order valence-corrected chi connectivity index (χ4v) is 13.2. The van der Waals surface area contributed by atoms with E-state index in [9.17, 15) is 0 Å². The van der Waals surface area contributed by atoms with Crippen molar-refractivity contribution in [2.75, 3.05) is 4.90 Å². The summed E-state index contributed by atoms with van der Waals surface area (Å²) in [6.07, 6.45) is 10.2. The molecule has 334 valence electrons. The molecule has 0 radical (unpaired) electrons. The van der Waals surface area contributed by atoms with E-state index in [1.807, 2.05) is 0 Å². The molecule has 1 spiro atoms. The number of hydrogen-bond acceptors (Lipinski definition) is 1. The van der Waals surface area contributed by atoms with Gasteiger partial charge in [-0.15, -0.1) is 0 Å². The maximum Gasteiger partial charge on any atom is 0.0719 e. The Balaban J connectivity index is 0.939. The number of hydrogen-bond donors (Lipinski definition) is 0. The van der Waals surface area contributed by atoms with Gasteiger partial charge in [0.05, 0.1) is 16.5 Å². The molecule has 0 bridgehead atoms. The van der Waals surface area contributed by atoms with E-state index < -0.39 is 10.8 Å². The molecule has 3 aliphatic rings. The highest BCUT2D eigenvalue weighted by atomic mass is 15.1. The summed E-state index contributed by atoms with van der Waals surface area (Å²) in [6, 6.07) is 95.5. The molecule has 11 aromatic carbocycles. The van der Waals surface area contributed by atoms with Crippen molar-refractivity contribution in [3.8, 4) is 33.4 Å². The first kappa shape index (κ1) is 41.2. The Hall–Kier alpha value is -8.78. The third kappa shape index (κ3) is 6.06. The van der Waals surface area contributed by atoms with Gasteiger partial charge in [0.25, 0.3) is 0 Å². The highest BCUT2D eigenvalue weighted by Crippen LogP contribution is 2.66. The lowest BCUT2D eigenvalue weighted by Crippen LogP contribution is -2.47. The van der Waals surface area contributed by atoms with E-state index in [0.717, 1.165) is 23.5 Å². The summed E-state index contributed by atoms with van der Waals surface area (Å²) in [5.74, 6) is 0.228. The lowest BCUT2D eigenvalue weighted by atomic mass is 9.49. The van der Waals surface area contributed by atoms with E-state index in [0.29, 0.717) is 0 Å². The molecule has 0 heterocycles. The molecule has 1 nitrogen and oxygen atoms in total. The lowest BCUT2D eigenvalue weighted by molar-refractivity contribution is 0.423. The SMILES string of the molecule is C1=CCC(C2(c3ccccc3)c3ccccc3C3(c4ccccc4-c4c(-c5ccc(N(c6ccc(-c7cccc8ccccc78)cc6)c6cccc7ccccc67)cc5)cccc43)c3ccccc32)C=C1. The quantitative estimate of drug-likeness (QED) is 0.154. The zero-order valence-corrected chi connectivity index (χ0v) is 39.3.